The molecule has 0 bridgehead atoms. The van der Waals surface area contributed by atoms with Gasteiger partial charge in [-0.15, -0.1) is 0 Å². The molecule has 174 valence electrons. The lowest BCUT2D eigenvalue weighted by atomic mass is 9.91. The van der Waals surface area contributed by atoms with Crippen molar-refractivity contribution in [3.05, 3.63) is 17.5 Å². The Morgan fingerprint density at radius 3 is 2.42 bits per heavy atom. The Bertz CT molecular complexity index is 870. The van der Waals surface area contributed by atoms with Gasteiger partial charge in [-0.05, 0) is 44.4 Å². The van der Waals surface area contributed by atoms with Gasteiger partial charge in [0, 0.05) is 56.8 Å². The maximum Gasteiger partial charge on any atom is 0.282 e. The smallest absolute Gasteiger partial charge is 0.282 e. The molecule has 1 aliphatic carbocycles. The molecule has 0 radical (unpaired) electrons. The van der Waals surface area contributed by atoms with Gasteiger partial charge in [0.25, 0.3) is 16.1 Å². The summed E-state index contributed by atoms with van der Waals surface area (Å²) in [6.07, 6.45) is 3.65. The Labute approximate surface area is 185 Å². The molecule has 2 aliphatic heterocycles. The highest BCUT2D eigenvalue weighted by Crippen LogP contribution is 2.40. The van der Waals surface area contributed by atoms with Crippen LogP contribution >= 0.6 is 0 Å². The second kappa shape index (κ2) is 9.17. The van der Waals surface area contributed by atoms with Crippen LogP contribution in [-0.4, -0.2) is 72.9 Å². The van der Waals surface area contributed by atoms with Crippen LogP contribution in [0, 0.1) is 11.8 Å². The molecule has 3 fully saturated rings. The van der Waals surface area contributed by atoms with Gasteiger partial charge in [-0.2, -0.15) is 17.0 Å². The Hall–Kier alpha value is -1.49. The molecule has 1 saturated carbocycles. The summed E-state index contributed by atoms with van der Waals surface area (Å²) < 4.78 is 35.1. The van der Waals surface area contributed by atoms with Gasteiger partial charge < -0.3 is 15.2 Å². The van der Waals surface area contributed by atoms with Crippen LogP contribution in [0.2, 0.25) is 0 Å². The Balaban J connectivity index is 1.38. The van der Waals surface area contributed by atoms with Gasteiger partial charge in [0.2, 0.25) is 0 Å². The van der Waals surface area contributed by atoms with Crippen molar-refractivity contribution >= 4 is 16.1 Å². The fourth-order valence-electron chi connectivity index (χ4n) is 4.78. The summed E-state index contributed by atoms with van der Waals surface area (Å²) in [4.78, 5) is 12.7. The van der Waals surface area contributed by atoms with E-state index in [1.165, 1.54) is 0 Å². The lowest BCUT2D eigenvalue weighted by Crippen LogP contribution is -2.56. The number of carbonyl (C=O) groups is 1. The highest BCUT2D eigenvalue weighted by molar-refractivity contribution is 7.86. The van der Waals surface area contributed by atoms with Crippen molar-refractivity contribution in [3.63, 3.8) is 0 Å². The maximum absolute atomic E-state index is 13.3. The Morgan fingerprint density at radius 1 is 1.13 bits per heavy atom. The Morgan fingerprint density at radius 2 is 1.81 bits per heavy atom. The minimum Gasteiger partial charge on any atom is -0.360 e. The predicted molar refractivity (Wildman–Crippen MR) is 117 cm³/mol. The quantitative estimate of drug-likeness (QED) is 0.701. The zero-order chi connectivity index (χ0) is 22.2. The third-order valence-electron chi connectivity index (χ3n) is 6.46. The second-order valence-corrected chi connectivity index (χ2v) is 11.7. The molecule has 1 aromatic rings. The minimum absolute atomic E-state index is 0.0114. The van der Waals surface area contributed by atoms with E-state index in [4.69, 9.17) is 4.52 Å². The summed E-state index contributed by atoms with van der Waals surface area (Å²) >= 11 is 0. The van der Waals surface area contributed by atoms with Gasteiger partial charge in [0.05, 0.1) is 0 Å². The van der Waals surface area contributed by atoms with E-state index in [1.54, 1.807) is 14.7 Å². The van der Waals surface area contributed by atoms with Gasteiger partial charge in [-0.25, -0.2) is 0 Å². The minimum atomic E-state index is -3.49. The number of hydrogen-bond acceptors (Lipinski definition) is 6. The molecular formula is C21H35N5O4S. The van der Waals surface area contributed by atoms with Crippen LogP contribution in [0.4, 0.5) is 0 Å². The molecule has 1 amide bonds. The monoisotopic (exact) mass is 453 g/mol. The SMILES string of the molecule is CC1CN(S(=O)(=O)N2C[C@H](C)C[C@@H](NC(=O)c3cc(C4CC4)on3)C[C@H](C)C2)CCN1. The zero-order valence-electron chi connectivity index (χ0n) is 18.7. The zero-order valence-corrected chi connectivity index (χ0v) is 19.5. The molecule has 0 aromatic carbocycles. The molecule has 31 heavy (non-hydrogen) atoms. The molecule has 9 nitrogen and oxygen atoms in total. The molecule has 2 N–H and O–H groups in total. The average molecular weight is 454 g/mol. The number of piperazine rings is 1. The molecule has 1 aromatic heterocycles. The van der Waals surface area contributed by atoms with Gasteiger partial charge in [-0.3, -0.25) is 4.79 Å². The summed E-state index contributed by atoms with van der Waals surface area (Å²) in [7, 11) is -3.49. The summed E-state index contributed by atoms with van der Waals surface area (Å²) in [6.45, 7) is 8.74. The first-order valence-corrected chi connectivity index (χ1v) is 12.9. The molecule has 3 aliphatic rings. The number of nitrogens with zero attached hydrogens (tertiary/aromatic N) is 3. The first kappa shape index (κ1) is 22.7. The first-order valence-electron chi connectivity index (χ1n) is 11.5. The van der Waals surface area contributed by atoms with Crippen LogP contribution in [0.3, 0.4) is 0 Å². The van der Waals surface area contributed by atoms with Crippen molar-refractivity contribution in [1.82, 2.24) is 24.4 Å². The largest absolute Gasteiger partial charge is 0.360 e. The number of hydrogen-bond donors (Lipinski definition) is 2. The van der Waals surface area contributed by atoms with Crippen LogP contribution in [-0.2, 0) is 10.2 Å². The van der Waals surface area contributed by atoms with Crippen molar-refractivity contribution in [3.8, 4) is 0 Å². The highest BCUT2D eigenvalue weighted by atomic mass is 32.2. The first-order chi connectivity index (χ1) is 14.7. The Kier molecular flexibility index (Phi) is 6.71. The van der Waals surface area contributed by atoms with Crippen LogP contribution in [0.5, 0.6) is 0 Å². The fourth-order valence-corrected chi connectivity index (χ4v) is 6.72. The number of nitrogens with one attached hydrogen (secondary N) is 2. The number of rotatable bonds is 5. The van der Waals surface area contributed by atoms with E-state index in [0.717, 1.165) is 31.4 Å². The van der Waals surface area contributed by atoms with Crippen molar-refractivity contribution in [1.29, 1.82) is 0 Å². The molecular weight excluding hydrogens is 418 g/mol. The maximum atomic E-state index is 13.3. The van der Waals surface area contributed by atoms with Crippen molar-refractivity contribution in [2.45, 2.75) is 64.5 Å². The van der Waals surface area contributed by atoms with E-state index < -0.39 is 10.2 Å². The standard InChI is InChI=1S/C21H35N5O4S/c1-14-8-18(23-21(27)19-10-20(30-24-19)17-4-5-17)9-15(2)12-26(11-14)31(28,29)25-7-6-22-16(3)13-25/h10,14-18,22H,4-9,11-13H2,1-3H3,(H,23,27)/t14-,15+,16?,18-. The van der Waals surface area contributed by atoms with E-state index >= 15 is 0 Å². The topological polar surface area (TPSA) is 108 Å². The van der Waals surface area contributed by atoms with Crippen LogP contribution in [0.25, 0.3) is 0 Å². The number of aromatic nitrogens is 1. The van der Waals surface area contributed by atoms with Gasteiger partial charge in [-0.1, -0.05) is 19.0 Å². The fraction of sp³-hybridized carbons (Fsp3) is 0.810. The lowest BCUT2D eigenvalue weighted by Gasteiger charge is -2.39. The normalized spacial score (nSPS) is 31.7. The third kappa shape index (κ3) is 5.47. The predicted octanol–water partition coefficient (Wildman–Crippen LogP) is 1.56. The summed E-state index contributed by atoms with van der Waals surface area (Å²) in [5.41, 5.74) is 0.335. The molecule has 4 atom stereocenters. The van der Waals surface area contributed by atoms with Gasteiger partial charge in [0.15, 0.2) is 5.69 Å². The van der Waals surface area contributed by atoms with Gasteiger partial charge >= 0.3 is 0 Å². The average Bonchev–Trinajstić information content (AvgIpc) is 3.42. The summed E-state index contributed by atoms with van der Waals surface area (Å²) in [5, 5.41) is 10.3. The van der Waals surface area contributed by atoms with Crippen molar-refractivity contribution in [2.24, 2.45) is 11.8 Å². The molecule has 3 heterocycles. The third-order valence-corrected chi connectivity index (χ3v) is 8.40. The molecule has 2 saturated heterocycles. The van der Waals surface area contributed by atoms with Crippen molar-refractivity contribution < 1.29 is 17.7 Å². The highest BCUT2D eigenvalue weighted by Gasteiger charge is 2.36. The molecule has 4 rings (SSSR count). The van der Waals surface area contributed by atoms with Crippen LogP contribution in [0.1, 0.15) is 68.6 Å². The number of carbonyl (C=O) groups excluding carboxylic acids is 1. The number of amides is 1. The summed E-state index contributed by atoms with van der Waals surface area (Å²) in [5.74, 6) is 1.27. The van der Waals surface area contributed by atoms with Crippen LogP contribution < -0.4 is 10.6 Å². The molecule has 10 heteroatoms. The van der Waals surface area contributed by atoms with Crippen molar-refractivity contribution in [2.75, 3.05) is 32.7 Å². The van der Waals surface area contributed by atoms with E-state index in [9.17, 15) is 13.2 Å². The van der Waals surface area contributed by atoms with E-state index in [2.05, 4.69) is 29.6 Å². The molecule has 0 spiro atoms. The van der Waals surface area contributed by atoms with E-state index in [-0.39, 0.29) is 29.8 Å². The van der Waals surface area contributed by atoms with E-state index in [0.29, 0.717) is 44.3 Å². The lowest BCUT2D eigenvalue weighted by molar-refractivity contribution is 0.0907. The van der Waals surface area contributed by atoms with Gasteiger partial charge in [0.1, 0.15) is 5.76 Å². The van der Waals surface area contributed by atoms with Crippen LogP contribution in [0.15, 0.2) is 10.6 Å². The van der Waals surface area contributed by atoms with E-state index in [1.807, 2.05) is 6.92 Å². The second-order valence-electron chi connectivity index (χ2n) is 9.78. The molecule has 1 unspecified atom stereocenters. The summed E-state index contributed by atoms with van der Waals surface area (Å²) in [6, 6.07) is 1.90.